The van der Waals surface area contributed by atoms with Crippen molar-refractivity contribution in [2.24, 2.45) is 0 Å². The van der Waals surface area contributed by atoms with Gasteiger partial charge in [0, 0.05) is 19.3 Å². The van der Waals surface area contributed by atoms with Gasteiger partial charge in [-0.15, -0.1) is 0 Å². The highest BCUT2D eigenvalue weighted by atomic mass is 16.6. The lowest BCUT2D eigenvalue weighted by Gasteiger charge is -2.18. The van der Waals surface area contributed by atoms with Gasteiger partial charge in [-0.3, -0.25) is 14.4 Å². The number of ether oxygens (including phenoxy) is 3. The summed E-state index contributed by atoms with van der Waals surface area (Å²) >= 11 is 0. The molecule has 0 spiro atoms. The van der Waals surface area contributed by atoms with Gasteiger partial charge in [-0.25, -0.2) is 0 Å². The quantitative estimate of drug-likeness (QED) is 0.0262. The summed E-state index contributed by atoms with van der Waals surface area (Å²) in [6.07, 6.45) is 73.8. The van der Waals surface area contributed by atoms with Crippen LogP contribution >= 0.6 is 0 Å². The number of hydrogen-bond acceptors (Lipinski definition) is 6. The molecular formula is C61H100O6. The van der Waals surface area contributed by atoms with E-state index in [1.807, 2.05) is 0 Å². The highest BCUT2D eigenvalue weighted by Gasteiger charge is 2.19. The Kier molecular flexibility index (Phi) is 51.5. The van der Waals surface area contributed by atoms with Crippen molar-refractivity contribution in [2.45, 2.75) is 245 Å². The monoisotopic (exact) mass is 929 g/mol. The van der Waals surface area contributed by atoms with Gasteiger partial charge in [0.1, 0.15) is 13.2 Å². The molecule has 1 atom stereocenters. The molecule has 0 aromatic heterocycles. The SMILES string of the molecule is CC/C=C\C/C=C\C/C=C\C/C=C\C/C=C\C/C=C\CCCCC(=O)OCC(COC(=O)CCCCCCCCC)OC(=O)CCCCCCCC/C=C\C/C=C\C/C=C\CCCCCCC. The molecule has 6 heteroatoms. The van der Waals surface area contributed by atoms with Gasteiger partial charge in [-0.05, 0) is 109 Å². The largest absolute Gasteiger partial charge is 0.462 e. The van der Waals surface area contributed by atoms with Crippen LogP contribution in [-0.4, -0.2) is 37.2 Å². The second-order valence-corrected chi connectivity index (χ2v) is 17.8. The maximum Gasteiger partial charge on any atom is 0.306 e. The van der Waals surface area contributed by atoms with Gasteiger partial charge < -0.3 is 14.2 Å². The fourth-order valence-corrected chi connectivity index (χ4v) is 7.16. The molecule has 6 nitrogen and oxygen atoms in total. The first-order chi connectivity index (χ1) is 33.0. The molecule has 0 saturated carbocycles. The number of carbonyl (C=O) groups excluding carboxylic acids is 3. The lowest BCUT2D eigenvalue weighted by Crippen LogP contribution is -2.30. The third-order valence-corrected chi connectivity index (χ3v) is 11.3. The van der Waals surface area contributed by atoms with Crippen molar-refractivity contribution in [1.82, 2.24) is 0 Å². The van der Waals surface area contributed by atoms with Gasteiger partial charge in [0.25, 0.3) is 0 Å². The van der Waals surface area contributed by atoms with Crippen LogP contribution in [0.25, 0.3) is 0 Å². The molecule has 0 bridgehead atoms. The molecular weight excluding hydrogens is 829 g/mol. The molecule has 67 heavy (non-hydrogen) atoms. The van der Waals surface area contributed by atoms with Crippen LogP contribution in [0.4, 0.5) is 0 Å². The number of allylic oxidation sites excluding steroid dienone is 18. The van der Waals surface area contributed by atoms with E-state index in [4.69, 9.17) is 14.2 Å². The maximum atomic E-state index is 12.8. The Morgan fingerprint density at radius 1 is 0.313 bits per heavy atom. The fourth-order valence-electron chi connectivity index (χ4n) is 7.16. The molecule has 0 fully saturated rings. The Morgan fingerprint density at radius 2 is 0.582 bits per heavy atom. The minimum Gasteiger partial charge on any atom is -0.462 e. The Labute approximate surface area is 412 Å². The predicted octanol–water partition coefficient (Wildman–Crippen LogP) is 18.3. The molecule has 1 unspecified atom stereocenters. The van der Waals surface area contributed by atoms with Crippen LogP contribution in [0.5, 0.6) is 0 Å². The van der Waals surface area contributed by atoms with E-state index in [1.165, 1.54) is 77.0 Å². The minimum atomic E-state index is -0.802. The van der Waals surface area contributed by atoms with Gasteiger partial charge in [-0.2, -0.15) is 0 Å². The number of unbranched alkanes of at least 4 members (excludes halogenated alkanes) is 19. The van der Waals surface area contributed by atoms with Crippen LogP contribution in [-0.2, 0) is 28.6 Å². The standard InChI is InChI=1S/C61H100O6/c1-4-7-10-13-16-18-20-22-24-26-28-30-32-34-36-38-40-42-45-48-51-54-60(63)66-57-58(56-65-59(62)53-50-47-44-15-12-9-6-3)67-61(64)55-52-49-46-43-41-39-37-35-33-31-29-27-25-23-21-19-17-14-11-8-5-2/h7,10,16,18,21-24,27-30,33-36,40,42,58H,4-6,8-9,11-15,17,19-20,25-26,31-32,37-39,41,43-57H2,1-3H3/b10-7-,18-16-,23-21-,24-22-,29-27-,30-28-,35-33-,36-34-,42-40-. The zero-order valence-electron chi connectivity index (χ0n) is 43.4. The smallest absolute Gasteiger partial charge is 0.306 e. The second-order valence-electron chi connectivity index (χ2n) is 17.8. The van der Waals surface area contributed by atoms with Gasteiger partial charge in [0.2, 0.25) is 0 Å². The number of hydrogen-bond donors (Lipinski definition) is 0. The van der Waals surface area contributed by atoms with E-state index in [9.17, 15) is 14.4 Å². The summed E-state index contributed by atoms with van der Waals surface area (Å²) in [6.45, 7) is 6.41. The van der Waals surface area contributed by atoms with Crippen LogP contribution < -0.4 is 0 Å². The van der Waals surface area contributed by atoms with Crippen molar-refractivity contribution in [3.05, 3.63) is 109 Å². The highest BCUT2D eigenvalue weighted by Crippen LogP contribution is 2.13. The van der Waals surface area contributed by atoms with Crippen LogP contribution in [0.1, 0.15) is 239 Å². The summed E-state index contributed by atoms with van der Waals surface area (Å²) in [5, 5.41) is 0. The van der Waals surface area contributed by atoms with E-state index in [1.54, 1.807) is 0 Å². The Hall–Kier alpha value is -3.93. The molecule has 0 amide bonds. The topological polar surface area (TPSA) is 78.9 Å². The van der Waals surface area contributed by atoms with Crippen molar-refractivity contribution >= 4 is 17.9 Å². The van der Waals surface area contributed by atoms with Gasteiger partial charge >= 0.3 is 17.9 Å². The molecule has 0 aliphatic rings. The molecule has 0 N–H and O–H groups in total. The van der Waals surface area contributed by atoms with Gasteiger partial charge in [0.05, 0.1) is 0 Å². The summed E-state index contributed by atoms with van der Waals surface area (Å²) < 4.78 is 16.7. The van der Waals surface area contributed by atoms with Crippen molar-refractivity contribution in [2.75, 3.05) is 13.2 Å². The van der Waals surface area contributed by atoms with E-state index in [0.717, 1.165) is 116 Å². The van der Waals surface area contributed by atoms with Crippen molar-refractivity contribution in [3.8, 4) is 0 Å². The summed E-state index contributed by atoms with van der Waals surface area (Å²) in [6, 6.07) is 0. The van der Waals surface area contributed by atoms with E-state index >= 15 is 0 Å². The summed E-state index contributed by atoms with van der Waals surface area (Å²) in [5.41, 5.74) is 0. The molecule has 0 aliphatic heterocycles. The van der Waals surface area contributed by atoms with Gasteiger partial charge in [0.15, 0.2) is 6.10 Å². The highest BCUT2D eigenvalue weighted by molar-refractivity contribution is 5.71. The molecule has 0 aliphatic carbocycles. The first-order valence-corrected chi connectivity index (χ1v) is 27.4. The lowest BCUT2D eigenvalue weighted by atomic mass is 10.1. The Balaban J connectivity index is 4.36. The summed E-state index contributed by atoms with van der Waals surface area (Å²) in [5.74, 6) is -0.967. The van der Waals surface area contributed by atoms with Crippen molar-refractivity contribution < 1.29 is 28.6 Å². The molecule has 0 aromatic rings. The summed E-state index contributed by atoms with van der Waals surface area (Å²) in [4.78, 5) is 37.9. The fraction of sp³-hybridized carbons (Fsp3) is 0.656. The summed E-state index contributed by atoms with van der Waals surface area (Å²) in [7, 11) is 0. The number of carbonyl (C=O) groups is 3. The van der Waals surface area contributed by atoms with Crippen molar-refractivity contribution in [3.63, 3.8) is 0 Å². The van der Waals surface area contributed by atoms with Gasteiger partial charge in [-0.1, -0.05) is 220 Å². The van der Waals surface area contributed by atoms with Crippen LogP contribution in [0, 0.1) is 0 Å². The second kappa shape index (κ2) is 54.7. The average Bonchev–Trinajstić information content (AvgIpc) is 3.33. The Bertz CT molecular complexity index is 1390. The molecule has 380 valence electrons. The lowest BCUT2D eigenvalue weighted by molar-refractivity contribution is -0.167. The predicted molar refractivity (Wildman–Crippen MR) is 288 cm³/mol. The third kappa shape index (κ3) is 52.9. The zero-order chi connectivity index (χ0) is 48.6. The normalized spacial score (nSPS) is 12.9. The molecule has 0 heterocycles. The Morgan fingerprint density at radius 3 is 0.940 bits per heavy atom. The average molecular weight is 929 g/mol. The first kappa shape index (κ1) is 63.1. The van der Waals surface area contributed by atoms with E-state index < -0.39 is 6.10 Å². The third-order valence-electron chi connectivity index (χ3n) is 11.3. The van der Waals surface area contributed by atoms with E-state index in [-0.39, 0.29) is 31.1 Å². The number of rotatable bonds is 48. The van der Waals surface area contributed by atoms with Crippen molar-refractivity contribution in [1.29, 1.82) is 0 Å². The number of esters is 3. The molecule has 0 aromatic carbocycles. The van der Waals surface area contributed by atoms with Crippen LogP contribution in [0.2, 0.25) is 0 Å². The van der Waals surface area contributed by atoms with Crippen LogP contribution in [0.3, 0.4) is 0 Å². The molecule has 0 saturated heterocycles. The first-order valence-electron chi connectivity index (χ1n) is 27.4. The molecule has 0 radical (unpaired) electrons. The molecule has 0 rings (SSSR count). The van der Waals surface area contributed by atoms with E-state index in [2.05, 4.69) is 130 Å². The minimum absolute atomic E-state index is 0.0988. The zero-order valence-corrected chi connectivity index (χ0v) is 43.4. The van der Waals surface area contributed by atoms with E-state index in [0.29, 0.717) is 25.7 Å². The van der Waals surface area contributed by atoms with Crippen LogP contribution in [0.15, 0.2) is 109 Å². The maximum absolute atomic E-state index is 12.8.